The lowest BCUT2D eigenvalue weighted by molar-refractivity contribution is -0.140. The molecule has 0 radical (unpaired) electrons. The zero-order valence-electron chi connectivity index (χ0n) is 15.4. The van der Waals surface area contributed by atoms with Crippen molar-refractivity contribution in [1.29, 1.82) is 0 Å². The van der Waals surface area contributed by atoms with Gasteiger partial charge in [-0.15, -0.1) is 0 Å². The molecule has 2 aliphatic rings. The van der Waals surface area contributed by atoms with E-state index in [0.717, 1.165) is 38.8 Å². The van der Waals surface area contributed by atoms with Gasteiger partial charge in [-0.05, 0) is 52.1 Å². The maximum absolute atomic E-state index is 13.2. The lowest BCUT2D eigenvalue weighted by Gasteiger charge is -2.37. The molecule has 1 heterocycles. The van der Waals surface area contributed by atoms with Crippen LogP contribution in [0.4, 0.5) is 0 Å². The fourth-order valence-corrected chi connectivity index (χ4v) is 4.16. The van der Waals surface area contributed by atoms with Crippen molar-refractivity contribution in [3.63, 3.8) is 0 Å². The molecule has 0 bridgehead atoms. The second-order valence-electron chi connectivity index (χ2n) is 7.79. The minimum absolute atomic E-state index is 0.0606. The summed E-state index contributed by atoms with van der Waals surface area (Å²) in [6.07, 6.45) is 3.57. The summed E-state index contributed by atoms with van der Waals surface area (Å²) in [7, 11) is 1.86. The molecular weight excluding hydrogens is 316 g/mol. The highest BCUT2D eigenvalue weighted by molar-refractivity contribution is 5.91. The number of likely N-dealkylation sites (N-methyl/N-ethyl adjacent to an activating group) is 1. The first-order chi connectivity index (χ1) is 11.8. The number of hydrogen-bond donors (Lipinski definition) is 1. The van der Waals surface area contributed by atoms with Crippen LogP contribution in [0.5, 0.6) is 0 Å². The molecule has 5 heteroatoms. The number of carbonyl (C=O) groups is 2. The lowest BCUT2D eigenvalue weighted by atomic mass is 9.90. The van der Waals surface area contributed by atoms with Gasteiger partial charge in [0.1, 0.15) is 0 Å². The van der Waals surface area contributed by atoms with Gasteiger partial charge >= 0.3 is 5.97 Å². The molecule has 136 valence electrons. The predicted octanol–water partition coefficient (Wildman–Crippen LogP) is 2.34. The number of carbonyl (C=O) groups excluding carboxylic acids is 1. The van der Waals surface area contributed by atoms with Crippen LogP contribution in [-0.2, 0) is 15.0 Å². The van der Waals surface area contributed by atoms with Crippen molar-refractivity contribution in [3.05, 3.63) is 34.9 Å². The number of carboxylic acids is 1. The van der Waals surface area contributed by atoms with Crippen LogP contribution >= 0.6 is 0 Å². The zero-order chi connectivity index (χ0) is 18.2. The molecule has 1 saturated heterocycles. The summed E-state index contributed by atoms with van der Waals surface area (Å²) < 4.78 is 0. The van der Waals surface area contributed by atoms with E-state index in [9.17, 15) is 9.59 Å². The molecule has 1 aromatic carbocycles. The average Bonchev–Trinajstić information content (AvgIpc) is 3.34. The highest BCUT2D eigenvalue weighted by atomic mass is 16.4. The Morgan fingerprint density at radius 1 is 1.16 bits per heavy atom. The van der Waals surface area contributed by atoms with E-state index in [-0.39, 0.29) is 23.9 Å². The number of nitrogens with zero attached hydrogens (tertiary/aromatic N) is 2. The van der Waals surface area contributed by atoms with Crippen LogP contribution in [0.25, 0.3) is 0 Å². The molecule has 1 aliphatic carbocycles. The summed E-state index contributed by atoms with van der Waals surface area (Å²) in [6.45, 7) is 5.67. The fraction of sp³-hybridized carbons (Fsp3) is 0.600. The van der Waals surface area contributed by atoms with Gasteiger partial charge < -0.3 is 10.0 Å². The maximum atomic E-state index is 13.2. The molecule has 0 unspecified atom stereocenters. The van der Waals surface area contributed by atoms with Crippen LogP contribution in [0, 0.1) is 13.8 Å². The van der Waals surface area contributed by atoms with E-state index in [2.05, 4.69) is 32.0 Å². The van der Waals surface area contributed by atoms with Gasteiger partial charge in [0.15, 0.2) is 0 Å². The molecule has 0 aromatic heterocycles. The van der Waals surface area contributed by atoms with E-state index < -0.39 is 5.97 Å². The second kappa shape index (κ2) is 6.79. The Labute approximate surface area is 149 Å². The van der Waals surface area contributed by atoms with Crippen LogP contribution < -0.4 is 0 Å². The van der Waals surface area contributed by atoms with E-state index in [1.807, 2.05) is 16.8 Å². The largest absolute Gasteiger partial charge is 0.480 e. The predicted molar refractivity (Wildman–Crippen MR) is 96.7 cm³/mol. The van der Waals surface area contributed by atoms with Gasteiger partial charge in [-0.25, -0.2) is 0 Å². The normalized spacial score (nSPS) is 19.9. The first kappa shape index (κ1) is 17.9. The molecule has 2 fully saturated rings. The van der Waals surface area contributed by atoms with Crippen molar-refractivity contribution in [3.8, 4) is 0 Å². The molecule has 1 saturated carbocycles. The summed E-state index contributed by atoms with van der Waals surface area (Å²) in [5, 5.41) is 8.93. The minimum atomic E-state index is -0.798. The molecular formula is C20H28N2O3. The number of aryl methyl sites for hydroxylation is 2. The SMILES string of the molecule is Cc1cc(C)cc(C2(C(=O)N3CCC(N(C)CC(=O)O)CC3)CC2)c1. The average molecular weight is 344 g/mol. The molecule has 0 spiro atoms. The van der Waals surface area contributed by atoms with E-state index >= 15 is 0 Å². The first-order valence-electron chi connectivity index (χ1n) is 9.12. The quantitative estimate of drug-likeness (QED) is 0.891. The summed E-state index contributed by atoms with van der Waals surface area (Å²) in [6, 6.07) is 6.71. The van der Waals surface area contributed by atoms with Crippen LogP contribution in [0.2, 0.25) is 0 Å². The van der Waals surface area contributed by atoms with E-state index in [1.165, 1.54) is 16.7 Å². The highest BCUT2D eigenvalue weighted by Gasteiger charge is 2.53. The minimum Gasteiger partial charge on any atom is -0.480 e. The van der Waals surface area contributed by atoms with Gasteiger partial charge in [0.2, 0.25) is 5.91 Å². The zero-order valence-corrected chi connectivity index (χ0v) is 15.4. The Morgan fingerprint density at radius 3 is 2.20 bits per heavy atom. The first-order valence-corrected chi connectivity index (χ1v) is 9.12. The topological polar surface area (TPSA) is 60.9 Å². The number of aliphatic carboxylic acids is 1. The maximum Gasteiger partial charge on any atom is 0.317 e. The lowest BCUT2D eigenvalue weighted by Crippen LogP contribution is -2.49. The number of amides is 1. The van der Waals surface area contributed by atoms with Gasteiger partial charge in [-0.2, -0.15) is 0 Å². The van der Waals surface area contributed by atoms with Crippen molar-refractivity contribution in [2.75, 3.05) is 26.7 Å². The van der Waals surface area contributed by atoms with E-state index in [4.69, 9.17) is 5.11 Å². The molecule has 3 rings (SSSR count). The van der Waals surface area contributed by atoms with Crippen molar-refractivity contribution in [2.24, 2.45) is 0 Å². The number of hydrogen-bond acceptors (Lipinski definition) is 3. The monoisotopic (exact) mass is 344 g/mol. The Hall–Kier alpha value is -1.88. The Balaban J connectivity index is 1.65. The smallest absolute Gasteiger partial charge is 0.317 e. The van der Waals surface area contributed by atoms with Crippen molar-refractivity contribution >= 4 is 11.9 Å². The number of benzene rings is 1. The summed E-state index contributed by atoms with van der Waals surface area (Å²) in [5.74, 6) is -0.537. The van der Waals surface area contributed by atoms with E-state index in [1.54, 1.807) is 0 Å². The summed E-state index contributed by atoms with van der Waals surface area (Å²) >= 11 is 0. The molecule has 1 aromatic rings. The third-order valence-electron chi connectivity index (χ3n) is 5.69. The van der Waals surface area contributed by atoms with Crippen LogP contribution in [0.15, 0.2) is 18.2 Å². The Bertz CT molecular complexity index is 653. The van der Waals surface area contributed by atoms with Gasteiger partial charge in [0, 0.05) is 19.1 Å². The molecule has 25 heavy (non-hydrogen) atoms. The van der Waals surface area contributed by atoms with Gasteiger partial charge in [0.25, 0.3) is 0 Å². The van der Waals surface area contributed by atoms with Crippen LogP contribution in [-0.4, -0.2) is 59.5 Å². The summed E-state index contributed by atoms with van der Waals surface area (Å²) in [5.41, 5.74) is 3.28. The van der Waals surface area contributed by atoms with Gasteiger partial charge in [0.05, 0.1) is 12.0 Å². The third kappa shape index (κ3) is 3.71. The fourth-order valence-electron chi connectivity index (χ4n) is 4.16. The molecule has 5 nitrogen and oxygen atoms in total. The molecule has 1 aliphatic heterocycles. The van der Waals surface area contributed by atoms with Gasteiger partial charge in [-0.3, -0.25) is 14.5 Å². The van der Waals surface area contributed by atoms with Crippen molar-refractivity contribution in [2.45, 2.75) is 51.0 Å². The number of likely N-dealkylation sites (tertiary alicyclic amines) is 1. The molecule has 0 atom stereocenters. The summed E-state index contributed by atoms with van der Waals surface area (Å²) in [4.78, 5) is 27.9. The second-order valence-corrected chi connectivity index (χ2v) is 7.79. The molecule has 1 amide bonds. The Kier molecular flexibility index (Phi) is 4.87. The molecule has 1 N–H and O–H groups in total. The van der Waals surface area contributed by atoms with E-state index in [0.29, 0.717) is 0 Å². The highest BCUT2D eigenvalue weighted by Crippen LogP contribution is 2.50. The number of rotatable bonds is 5. The Morgan fingerprint density at radius 2 is 1.72 bits per heavy atom. The van der Waals surface area contributed by atoms with Crippen molar-refractivity contribution in [1.82, 2.24) is 9.80 Å². The van der Waals surface area contributed by atoms with Crippen molar-refractivity contribution < 1.29 is 14.7 Å². The number of carboxylic acid groups (broad SMARTS) is 1. The third-order valence-corrected chi connectivity index (χ3v) is 5.69. The van der Waals surface area contributed by atoms with Crippen LogP contribution in [0.1, 0.15) is 42.4 Å². The van der Waals surface area contributed by atoms with Crippen LogP contribution in [0.3, 0.4) is 0 Å². The standard InChI is InChI=1S/C20H28N2O3/c1-14-10-15(2)12-16(11-14)20(6-7-20)19(25)22-8-4-17(5-9-22)21(3)13-18(23)24/h10-12,17H,4-9,13H2,1-3H3,(H,23,24). The number of piperidine rings is 1. The van der Waals surface area contributed by atoms with Gasteiger partial charge in [-0.1, -0.05) is 29.3 Å².